The number of methoxy groups -OCH3 is 1. The Balaban J connectivity index is 1.57. The van der Waals surface area contributed by atoms with Gasteiger partial charge in [0.2, 0.25) is 11.8 Å². The van der Waals surface area contributed by atoms with Crippen molar-refractivity contribution in [3.05, 3.63) is 54.1 Å². The highest BCUT2D eigenvalue weighted by Crippen LogP contribution is 2.25. The van der Waals surface area contributed by atoms with Crippen molar-refractivity contribution in [2.75, 3.05) is 18.2 Å². The van der Waals surface area contributed by atoms with E-state index in [1.54, 1.807) is 31.4 Å². The van der Waals surface area contributed by atoms with Gasteiger partial charge >= 0.3 is 0 Å². The van der Waals surface area contributed by atoms with Crippen LogP contribution < -0.4 is 10.1 Å². The van der Waals surface area contributed by atoms with Gasteiger partial charge in [-0.05, 0) is 42.5 Å². The highest BCUT2D eigenvalue weighted by molar-refractivity contribution is 7.99. The lowest BCUT2D eigenvalue weighted by Gasteiger charge is -2.04. The van der Waals surface area contributed by atoms with Gasteiger partial charge in [0.25, 0.3) is 5.22 Å². The van der Waals surface area contributed by atoms with Gasteiger partial charge in [-0.3, -0.25) is 4.79 Å². The average Bonchev–Trinajstić information content (AvgIpc) is 3.15. The molecule has 0 radical (unpaired) electrons. The van der Waals surface area contributed by atoms with E-state index in [1.165, 1.54) is 0 Å². The number of hydrogen-bond acceptors (Lipinski definition) is 6. The molecule has 0 atom stereocenters. The highest BCUT2D eigenvalue weighted by atomic mass is 32.2. The fourth-order valence-corrected chi connectivity index (χ4v) is 2.69. The first-order chi connectivity index (χ1) is 12.7. The standard InChI is InChI=1S/C19H15N3O3S/c1-3-13-5-4-6-15(11-13)20-17(23)12-26-19-22-21-18(25-19)14-7-9-16(24-2)10-8-14/h1,4-11H,12H2,2H3,(H,20,23). The van der Waals surface area contributed by atoms with Crippen LogP contribution >= 0.6 is 11.8 Å². The van der Waals surface area contributed by atoms with E-state index in [9.17, 15) is 4.79 Å². The van der Waals surface area contributed by atoms with Gasteiger partial charge < -0.3 is 14.5 Å². The summed E-state index contributed by atoms with van der Waals surface area (Å²) in [5.41, 5.74) is 2.13. The fourth-order valence-electron chi connectivity index (χ4n) is 2.13. The summed E-state index contributed by atoms with van der Waals surface area (Å²) in [5.74, 6) is 3.61. The molecule has 0 bridgehead atoms. The summed E-state index contributed by atoms with van der Waals surface area (Å²) in [6.07, 6.45) is 5.35. The molecular weight excluding hydrogens is 350 g/mol. The lowest BCUT2D eigenvalue weighted by atomic mass is 10.2. The van der Waals surface area contributed by atoms with Crippen molar-refractivity contribution in [2.45, 2.75) is 5.22 Å². The molecule has 6 nitrogen and oxygen atoms in total. The first-order valence-electron chi connectivity index (χ1n) is 7.65. The van der Waals surface area contributed by atoms with Crippen LogP contribution in [0.4, 0.5) is 5.69 Å². The number of nitrogens with one attached hydrogen (secondary N) is 1. The molecule has 1 amide bonds. The predicted octanol–water partition coefficient (Wildman–Crippen LogP) is 3.46. The third-order valence-electron chi connectivity index (χ3n) is 3.38. The summed E-state index contributed by atoms with van der Waals surface area (Å²) in [5, 5.41) is 11.0. The molecule has 0 aliphatic rings. The van der Waals surface area contributed by atoms with E-state index in [1.807, 2.05) is 24.3 Å². The SMILES string of the molecule is C#Cc1cccc(NC(=O)CSc2nnc(-c3ccc(OC)cc3)o2)c1. The number of carbonyl (C=O) groups excluding carboxylic acids is 1. The van der Waals surface area contributed by atoms with Crippen LogP contribution in [0.5, 0.6) is 5.75 Å². The Morgan fingerprint density at radius 2 is 2.08 bits per heavy atom. The zero-order valence-corrected chi connectivity index (χ0v) is 14.7. The number of terminal acetylenes is 1. The molecule has 0 aliphatic carbocycles. The zero-order chi connectivity index (χ0) is 18.4. The number of benzene rings is 2. The smallest absolute Gasteiger partial charge is 0.277 e. The molecule has 130 valence electrons. The largest absolute Gasteiger partial charge is 0.497 e. The van der Waals surface area contributed by atoms with E-state index in [-0.39, 0.29) is 11.7 Å². The third kappa shape index (κ3) is 4.43. The molecule has 2 aromatic carbocycles. The van der Waals surface area contributed by atoms with Crippen molar-refractivity contribution in [1.29, 1.82) is 0 Å². The molecule has 1 aromatic heterocycles. The van der Waals surface area contributed by atoms with Crippen LogP contribution in [0.1, 0.15) is 5.56 Å². The molecule has 0 unspecified atom stereocenters. The number of anilines is 1. The Kier molecular flexibility index (Phi) is 5.56. The Morgan fingerprint density at radius 3 is 2.81 bits per heavy atom. The maximum atomic E-state index is 12.0. The summed E-state index contributed by atoms with van der Waals surface area (Å²) < 4.78 is 10.7. The van der Waals surface area contributed by atoms with Crippen LogP contribution in [0, 0.1) is 12.3 Å². The quantitative estimate of drug-likeness (QED) is 0.532. The van der Waals surface area contributed by atoms with Crippen molar-refractivity contribution < 1.29 is 13.9 Å². The zero-order valence-electron chi connectivity index (χ0n) is 13.9. The second kappa shape index (κ2) is 8.23. The minimum Gasteiger partial charge on any atom is -0.497 e. The van der Waals surface area contributed by atoms with Crippen LogP contribution in [0.25, 0.3) is 11.5 Å². The van der Waals surface area contributed by atoms with Gasteiger partial charge in [-0.2, -0.15) is 0 Å². The Morgan fingerprint density at radius 1 is 1.27 bits per heavy atom. The predicted molar refractivity (Wildman–Crippen MR) is 100 cm³/mol. The number of rotatable bonds is 6. The van der Waals surface area contributed by atoms with Crippen LogP contribution in [0.3, 0.4) is 0 Å². The van der Waals surface area contributed by atoms with E-state index in [0.29, 0.717) is 22.4 Å². The van der Waals surface area contributed by atoms with Gasteiger partial charge in [-0.1, -0.05) is 23.7 Å². The molecule has 0 saturated heterocycles. The topological polar surface area (TPSA) is 77.2 Å². The molecule has 0 aliphatic heterocycles. The van der Waals surface area contributed by atoms with E-state index in [2.05, 4.69) is 21.4 Å². The summed E-state index contributed by atoms with van der Waals surface area (Å²) >= 11 is 1.16. The molecule has 0 spiro atoms. The number of ether oxygens (including phenoxy) is 1. The van der Waals surface area contributed by atoms with Crippen molar-refractivity contribution >= 4 is 23.4 Å². The van der Waals surface area contributed by atoms with Crippen molar-refractivity contribution in [1.82, 2.24) is 10.2 Å². The van der Waals surface area contributed by atoms with Gasteiger partial charge in [0.05, 0.1) is 12.9 Å². The van der Waals surface area contributed by atoms with Gasteiger partial charge in [-0.15, -0.1) is 16.6 Å². The highest BCUT2D eigenvalue weighted by Gasteiger charge is 2.11. The average molecular weight is 365 g/mol. The molecule has 0 fully saturated rings. The lowest BCUT2D eigenvalue weighted by molar-refractivity contribution is -0.113. The monoisotopic (exact) mass is 365 g/mol. The molecule has 3 aromatic rings. The lowest BCUT2D eigenvalue weighted by Crippen LogP contribution is -2.14. The maximum absolute atomic E-state index is 12.0. The molecular formula is C19H15N3O3S. The summed E-state index contributed by atoms with van der Waals surface area (Å²) in [4.78, 5) is 12.0. The number of hydrogen-bond donors (Lipinski definition) is 1. The van der Waals surface area contributed by atoms with Crippen LogP contribution in [-0.4, -0.2) is 29.0 Å². The van der Waals surface area contributed by atoms with Gasteiger partial charge in [0.1, 0.15) is 5.75 Å². The number of amides is 1. The Bertz CT molecular complexity index is 945. The molecule has 26 heavy (non-hydrogen) atoms. The van der Waals surface area contributed by atoms with Crippen LogP contribution in [0.15, 0.2) is 58.2 Å². The molecule has 0 saturated carbocycles. The summed E-state index contributed by atoms with van der Waals surface area (Å²) in [6.45, 7) is 0. The molecule has 1 N–H and O–H groups in total. The molecule has 7 heteroatoms. The van der Waals surface area contributed by atoms with Crippen LogP contribution in [-0.2, 0) is 4.79 Å². The number of nitrogens with zero attached hydrogens (tertiary/aromatic N) is 2. The van der Waals surface area contributed by atoms with E-state index < -0.39 is 0 Å². The third-order valence-corrected chi connectivity index (χ3v) is 4.20. The van der Waals surface area contributed by atoms with Gasteiger partial charge in [0, 0.05) is 16.8 Å². The number of thioether (sulfide) groups is 1. The van der Waals surface area contributed by atoms with Crippen LogP contribution in [0.2, 0.25) is 0 Å². The summed E-state index contributed by atoms with van der Waals surface area (Å²) in [7, 11) is 1.60. The fraction of sp³-hybridized carbons (Fsp3) is 0.105. The van der Waals surface area contributed by atoms with E-state index in [4.69, 9.17) is 15.6 Å². The second-order valence-electron chi connectivity index (χ2n) is 5.16. The van der Waals surface area contributed by atoms with Crippen molar-refractivity contribution in [3.8, 4) is 29.5 Å². The first kappa shape index (κ1) is 17.6. The summed E-state index contributed by atoms with van der Waals surface area (Å²) in [6, 6.07) is 14.4. The van der Waals surface area contributed by atoms with Crippen molar-refractivity contribution in [2.24, 2.45) is 0 Å². The normalized spacial score (nSPS) is 10.2. The number of aromatic nitrogens is 2. The van der Waals surface area contributed by atoms with Crippen molar-refractivity contribution in [3.63, 3.8) is 0 Å². The minimum atomic E-state index is -0.187. The maximum Gasteiger partial charge on any atom is 0.277 e. The number of carbonyl (C=O) groups is 1. The second-order valence-corrected chi connectivity index (χ2v) is 6.09. The van der Waals surface area contributed by atoms with Gasteiger partial charge in [0.15, 0.2) is 0 Å². The van der Waals surface area contributed by atoms with E-state index in [0.717, 1.165) is 23.1 Å². The van der Waals surface area contributed by atoms with Gasteiger partial charge in [-0.25, -0.2) is 0 Å². The minimum absolute atomic E-state index is 0.143. The van der Waals surface area contributed by atoms with E-state index >= 15 is 0 Å². The Hall–Kier alpha value is -3.24. The molecule has 1 heterocycles. The Labute approximate surface area is 155 Å². The first-order valence-corrected chi connectivity index (χ1v) is 8.64. The molecule has 3 rings (SSSR count).